The molecule has 71 heavy (non-hydrogen) atoms. The number of benzene rings is 2. The number of carbonyl (C=O) groups is 6. The van der Waals surface area contributed by atoms with Gasteiger partial charge in [0.2, 0.25) is 12.3 Å². The van der Waals surface area contributed by atoms with E-state index in [4.69, 9.17) is 32.3 Å². The smallest absolute Gasteiger partial charge is 0.349 e. The van der Waals surface area contributed by atoms with Crippen molar-refractivity contribution in [3.8, 4) is 16.2 Å². The molecule has 1 aliphatic carbocycles. The minimum absolute atomic E-state index is 0.00805. The van der Waals surface area contributed by atoms with Crippen LogP contribution in [0.3, 0.4) is 0 Å². The van der Waals surface area contributed by atoms with Crippen LogP contribution in [0.2, 0.25) is 5.02 Å². The molecule has 3 heterocycles. The Kier molecular flexibility index (Phi) is 25.1. The lowest BCUT2D eigenvalue weighted by molar-refractivity contribution is -0.134. The first-order valence-corrected chi connectivity index (χ1v) is 25.8. The number of ether oxygens (including phenoxy) is 1. The van der Waals surface area contributed by atoms with E-state index in [2.05, 4.69) is 40.9 Å². The summed E-state index contributed by atoms with van der Waals surface area (Å²) < 4.78 is 22.3. The Hall–Kier alpha value is -5.47. The molecule has 2 aromatic carbocycles. The molecule has 1 aromatic heterocycles. The molecule has 3 aliphatic rings. The third-order valence-electron chi connectivity index (χ3n) is 12.1. The number of nitrogen functional groups attached to an aromatic ring is 1. The highest BCUT2D eigenvalue weighted by atomic mass is 35.5. The maximum absolute atomic E-state index is 14.8. The lowest BCUT2D eigenvalue weighted by Gasteiger charge is -2.41. The first kappa shape index (κ1) is 59.8. The molecule has 16 nitrogen and oxygen atoms in total. The molecule has 2 atom stereocenters. The van der Waals surface area contributed by atoms with E-state index >= 15 is 0 Å². The molecule has 20 heteroatoms. The molecule has 2 unspecified atom stereocenters. The second kappa shape index (κ2) is 29.8. The van der Waals surface area contributed by atoms with Crippen LogP contribution in [0.5, 0.6) is 5.75 Å². The Morgan fingerprint density at radius 2 is 1.76 bits per heavy atom. The number of carboxylic acids is 1. The van der Waals surface area contributed by atoms with Crippen LogP contribution in [0, 0.1) is 11.7 Å². The highest BCUT2D eigenvalue weighted by molar-refractivity contribution is 7.96. The van der Waals surface area contributed by atoms with E-state index in [1.165, 1.54) is 30.9 Å². The predicted octanol–water partition coefficient (Wildman–Crippen LogP) is 8.74. The number of hydrogen-bond donors (Lipinski definition) is 5. The van der Waals surface area contributed by atoms with E-state index in [0.717, 1.165) is 67.4 Å². The molecule has 6 N–H and O–H groups in total. The molecule has 390 valence electrons. The highest BCUT2D eigenvalue weighted by Gasteiger charge is 2.36. The zero-order valence-electron chi connectivity index (χ0n) is 42.0. The first-order chi connectivity index (χ1) is 34.0. The fourth-order valence-corrected chi connectivity index (χ4v) is 11.1. The minimum Gasteiger partial charge on any atom is -0.483 e. The molecule has 6 rings (SSSR count). The summed E-state index contributed by atoms with van der Waals surface area (Å²) >= 11 is 8.91. The summed E-state index contributed by atoms with van der Waals surface area (Å²) in [5.41, 5.74) is 10.3. The summed E-state index contributed by atoms with van der Waals surface area (Å²) in [6.07, 6.45) is 12.3. The van der Waals surface area contributed by atoms with Crippen molar-refractivity contribution in [2.75, 3.05) is 65.5 Å². The van der Waals surface area contributed by atoms with Gasteiger partial charge in [-0.15, -0.1) is 11.3 Å². The maximum atomic E-state index is 14.8. The van der Waals surface area contributed by atoms with E-state index < -0.39 is 17.8 Å². The van der Waals surface area contributed by atoms with E-state index in [1.54, 1.807) is 53.2 Å². The van der Waals surface area contributed by atoms with Gasteiger partial charge in [0, 0.05) is 77.0 Å². The van der Waals surface area contributed by atoms with E-state index in [-0.39, 0.29) is 70.2 Å². The van der Waals surface area contributed by atoms with Crippen molar-refractivity contribution < 1.29 is 48.1 Å². The quantitative estimate of drug-likeness (QED) is 0.0458. The van der Waals surface area contributed by atoms with Crippen LogP contribution in [0.15, 0.2) is 65.9 Å². The van der Waals surface area contributed by atoms with Crippen molar-refractivity contribution in [3.05, 3.63) is 87.2 Å². The van der Waals surface area contributed by atoms with Crippen LogP contribution in [0.25, 0.3) is 10.4 Å². The number of likely N-dealkylation sites (N-methyl/N-ethyl adjacent to an activating group) is 2. The second-order valence-corrected chi connectivity index (χ2v) is 19.7. The van der Waals surface area contributed by atoms with Crippen molar-refractivity contribution in [2.45, 2.75) is 102 Å². The van der Waals surface area contributed by atoms with Crippen LogP contribution in [-0.2, 0) is 24.9 Å². The number of piperidine rings is 2. The van der Waals surface area contributed by atoms with Crippen LogP contribution in [0.1, 0.15) is 94.3 Å². The van der Waals surface area contributed by atoms with Crippen molar-refractivity contribution in [1.82, 2.24) is 24.3 Å². The molecule has 0 bridgehead atoms. The first-order valence-electron chi connectivity index (χ1n) is 23.7. The average Bonchev–Trinajstić information content (AvgIpc) is 3.71. The number of amides is 4. The lowest BCUT2D eigenvalue weighted by atomic mass is 9.84. The van der Waals surface area contributed by atoms with Gasteiger partial charge in [-0.25, -0.2) is 18.3 Å². The van der Waals surface area contributed by atoms with Gasteiger partial charge in [-0.05, 0) is 105 Å². The fraction of sp³-hybridized carbons (Fsp3) is 0.490. The van der Waals surface area contributed by atoms with E-state index in [1.807, 2.05) is 32.8 Å². The number of aliphatic hydroxyl groups is 1. The third-order valence-corrected chi connectivity index (χ3v) is 15.3. The second-order valence-electron chi connectivity index (χ2n) is 17.3. The number of hydrogen-bond acceptors (Lipinski definition) is 13. The van der Waals surface area contributed by atoms with Gasteiger partial charge >= 0.3 is 12.0 Å². The van der Waals surface area contributed by atoms with Gasteiger partial charge < -0.3 is 50.8 Å². The summed E-state index contributed by atoms with van der Waals surface area (Å²) in [4.78, 5) is 76.5. The largest absolute Gasteiger partial charge is 0.483 e. The van der Waals surface area contributed by atoms with Crippen molar-refractivity contribution >= 4 is 83.2 Å². The number of carbonyl (C=O) groups excluding carboxylic acids is 5. The van der Waals surface area contributed by atoms with Crippen LogP contribution >= 0.6 is 34.9 Å². The topological polar surface area (TPSA) is 215 Å². The number of halogens is 2. The molecule has 2 aliphatic heterocycles. The molecule has 4 amide bonds. The Morgan fingerprint density at radius 1 is 1.06 bits per heavy atom. The number of carboxylic acid groups (broad SMARTS) is 1. The fourth-order valence-electron chi connectivity index (χ4n) is 8.50. The number of anilines is 2. The number of thiophene rings is 1. The summed E-state index contributed by atoms with van der Waals surface area (Å²) in [6.45, 7) is 10.4. The zero-order valence-corrected chi connectivity index (χ0v) is 44.4. The molecular formula is C51H71ClFN7O9S2. The van der Waals surface area contributed by atoms with E-state index in [9.17, 15) is 33.2 Å². The number of aliphatic hydroxyl groups excluding tert-OH is 1. The number of aromatic carboxylic acids is 1. The Bertz CT molecular complexity index is 2320. The van der Waals surface area contributed by atoms with Crippen LogP contribution < -0.4 is 21.1 Å². The molecule has 2 fully saturated rings. The Balaban J connectivity index is 0.000000461. The number of nitrogens with one attached hydrogen (secondary N) is 2. The van der Waals surface area contributed by atoms with Gasteiger partial charge in [-0.3, -0.25) is 14.4 Å². The monoisotopic (exact) mass is 1040 g/mol. The summed E-state index contributed by atoms with van der Waals surface area (Å²) in [5, 5.41) is 21.8. The molecule has 2 saturated heterocycles. The van der Waals surface area contributed by atoms with Gasteiger partial charge in [-0.2, -0.15) is 0 Å². The van der Waals surface area contributed by atoms with E-state index in [0.29, 0.717) is 54.1 Å². The Labute approximate surface area is 430 Å². The Morgan fingerprint density at radius 3 is 2.35 bits per heavy atom. The minimum atomic E-state index is -1.16. The highest BCUT2D eigenvalue weighted by Crippen LogP contribution is 2.46. The standard InChI is InChI=1S/C35H51FN6O4S.C13H10ClNO4S.C2H6.CH4O/c1-35(2)16-6-7-17-42(35)47-23-25-10-12-28(36)29(21-25)38-34(46)40-18-14-26(15-19-40)27-11-13-30(32(22-27)39(4)5)41(24-44)31(9-8-20-43)33(45)37-3;14-9-10(19-5-4-16)12(13(17)18)20-11(9)7-2-1-3-8(15)6-7;2*1-2/h10-12,20-22,24,26,30-31H,6-9,13-19,23H2,1-5H3,(H,37,45)(H,38,46);1-4,6H,5,15H2,(H,17,18);1-2H3;2H,1H3. The summed E-state index contributed by atoms with van der Waals surface area (Å²) in [6, 6.07) is 10.5. The van der Waals surface area contributed by atoms with Crippen LogP contribution in [0.4, 0.5) is 20.6 Å². The zero-order chi connectivity index (χ0) is 52.8. The van der Waals surface area contributed by atoms with Gasteiger partial charge in [0.05, 0.1) is 16.6 Å². The summed E-state index contributed by atoms with van der Waals surface area (Å²) in [5.74, 6) is -0.962. The number of allylic oxidation sites excluding steroid dienone is 2. The van der Waals surface area contributed by atoms with Crippen LogP contribution in [-0.4, -0.2) is 138 Å². The van der Waals surface area contributed by atoms with Crippen molar-refractivity contribution in [2.24, 2.45) is 5.92 Å². The molecule has 3 aromatic rings. The van der Waals surface area contributed by atoms with Gasteiger partial charge in [0.15, 0.2) is 16.9 Å². The lowest BCUT2D eigenvalue weighted by Crippen LogP contribution is -2.52. The predicted molar refractivity (Wildman–Crippen MR) is 282 cm³/mol. The van der Waals surface area contributed by atoms with Gasteiger partial charge in [-0.1, -0.05) is 68.1 Å². The molecule has 0 spiro atoms. The average molecular weight is 1040 g/mol. The van der Waals surface area contributed by atoms with Gasteiger partial charge in [0.25, 0.3) is 0 Å². The SMILES string of the molecule is CC.CNC(=O)C(CCC=O)N(C=O)C1CC=C(C2CCN(C(=O)Nc3cc(CSN4CCCCC4(C)C)ccc3F)CC2)C=C1N(C)C.CO.Nc1cccc(-c2sc(C(=O)O)c(OCC=O)c2Cl)c1. The number of nitrogens with two attached hydrogens (primary N) is 1. The molecular weight excluding hydrogens is 973 g/mol. The number of rotatable bonds is 18. The summed E-state index contributed by atoms with van der Waals surface area (Å²) in [7, 11) is 6.36. The maximum Gasteiger partial charge on any atom is 0.349 e. The number of urea groups is 1. The number of nitrogens with zero attached hydrogens (tertiary/aromatic N) is 4. The third kappa shape index (κ3) is 16.5. The number of aldehydes is 2. The molecule has 0 saturated carbocycles. The normalized spacial score (nSPS) is 16.8. The number of likely N-dealkylation sites (tertiary alicyclic amines) is 1. The van der Waals surface area contributed by atoms with Gasteiger partial charge in [0.1, 0.15) is 29.8 Å². The van der Waals surface area contributed by atoms with Crippen molar-refractivity contribution in [3.63, 3.8) is 0 Å². The van der Waals surface area contributed by atoms with Crippen molar-refractivity contribution in [1.29, 1.82) is 0 Å². The molecule has 0 radical (unpaired) electrons.